The van der Waals surface area contributed by atoms with E-state index >= 15 is 0 Å². The van der Waals surface area contributed by atoms with Crippen molar-refractivity contribution in [1.29, 1.82) is 0 Å². The highest BCUT2D eigenvalue weighted by atomic mass is 35.5. The van der Waals surface area contributed by atoms with Crippen molar-refractivity contribution in [2.24, 2.45) is 0 Å². The Kier molecular flexibility index (Phi) is 11.8. The normalized spacial score (nSPS) is 15.6. The lowest BCUT2D eigenvalue weighted by molar-refractivity contribution is -0.140. The molecule has 1 amide bonds. The van der Waals surface area contributed by atoms with Gasteiger partial charge in [0, 0.05) is 17.1 Å². The van der Waals surface area contributed by atoms with Crippen LogP contribution in [0.25, 0.3) is 5.76 Å². The minimum Gasteiger partial charge on any atom is -0.507 e. The van der Waals surface area contributed by atoms with Crippen LogP contribution >= 0.6 is 11.6 Å². The number of methoxy groups -OCH3 is 1. The predicted molar refractivity (Wildman–Crippen MR) is 187 cm³/mol. The first kappa shape index (κ1) is 34.5. The van der Waals surface area contributed by atoms with Crippen LogP contribution in [0.2, 0.25) is 5.02 Å². The molecule has 1 aliphatic heterocycles. The number of benzene rings is 4. The van der Waals surface area contributed by atoms with Crippen molar-refractivity contribution in [2.45, 2.75) is 39.5 Å². The Bertz CT molecular complexity index is 1720. The summed E-state index contributed by atoms with van der Waals surface area (Å²) in [5.74, 6) is -0.0563. The molecule has 0 aliphatic carbocycles. The van der Waals surface area contributed by atoms with E-state index in [9.17, 15) is 14.7 Å². The van der Waals surface area contributed by atoms with Crippen molar-refractivity contribution in [1.82, 2.24) is 9.80 Å². The standard InChI is InChI=1S/C39H41ClN2O6/c1-4-41(5-2)22-9-23-42-36(30-16-21-33(34(24-30)46-3)48-26-27-10-7-6-8-11-27)35(38(44)39(42)45)37(43)29-14-19-32(20-15-29)47-25-28-12-17-31(40)18-13-28/h6-8,10-21,24,36,43H,4-5,9,22-23,25-26H2,1-3H3. The van der Waals surface area contributed by atoms with Gasteiger partial charge in [0.2, 0.25) is 0 Å². The van der Waals surface area contributed by atoms with Gasteiger partial charge in [0.1, 0.15) is 24.7 Å². The summed E-state index contributed by atoms with van der Waals surface area (Å²) in [6.07, 6.45) is 0.667. The molecule has 1 N–H and O–H groups in total. The maximum Gasteiger partial charge on any atom is 0.295 e. The molecular weight excluding hydrogens is 628 g/mol. The number of ether oxygens (including phenoxy) is 3. The summed E-state index contributed by atoms with van der Waals surface area (Å²) in [4.78, 5) is 31.0. The molecule has 0 saturated carbocycles. The quantitative estimate of drug-likeness (QED) is 0.0791. The van der Waals surface area contributed by atoms with Crippen molar-refractivity contribution < 1.29 is 28.9 Å². The molecule has 0 aromatic heterocycles. The van der Waals surface area contributed by atoms with Crippen molar-refractivity contribution in [3.63, 3.8) is 0 Å². The Morgan fingerprint density at radius 1 is 0.833 bits per heavy atom. The summed E-state index contributed by atoms with van der Waals surface area (Å²) in [6, 6.07) is 28.5. The summed E-state index contributed by atoms with van der Waals surface area (Å²) >= 11 is 5.98. The lowest BCUT2D eigenvalue weighted by Gasteiger charge is -2.27. The first-order valence-corrected chi connectivity index (χ1v) is 16.5. The second-order valence-corrected chi connectivity index (χ2v) is 11.9. The zero-order chi connectivity index (χ0) is 34.0. The van der Waals surface area contributed by atoms with Gasteiger partial charge in [-0.15, -0.1) is 0 Å². The Hall–Kier alpha value is -4.79. The maximum atomic E-state index is 13.6. The molecular formula is C39H41ClN2O6. The van der Waals surface area contributed by atoms with E-state index in [2.05, 4.69) is 18.7 Å². The molecule has 1 heterocycles. The van der Waals surface area contributed by atoms with Crippen LogP contribution in [0.5, 0.6) is 17.2 Å². The monoisotopic (exact) mass is 668 g/mol. The van der Waals surface area contributed by atoms with Crippen LogP contribution in [0.3, 0.4) is 0 Å². The van der Waals surface area contributed by atoms with E-state index in [1.54, 1.807) is 60.5 Å². The number of ketones is 1. The summed E-state index contributed by atoms with van der Waals surface area (Å²) in [5.41, 5.74) is 3.02. The van der Waals surface area contributed by atoms with E-state index in [-0.39, 0.29) is 11.3 Å². The number of halogens is 1. The van der Waals surface area contributed by atoms with Crippen LogP contribution in [0.15, 0.2) is 103 Å². The highest BCUT2D eigenvalue weighted by Crippen LogP contribution is 2.42. The van der Waals surface area contributed by atoms with Gasteiger partial charge in [-0.05, 0) is 91.3 Å². The molecule has 8 nitrogen and oxygen atoms in total. The molecule has 4 aromatic rings. The Balaban J connectivity index is 1.44. The van der Waals surface area contributed by atoms with E-state index < -0.39 is 17.7 Å². The van der Waals surface area contributed by atoms with Crippen LogP contribution in [-0.2, 0) is 22.8 Å². The molecule has 9 heteroatoms. The third-order valence-corrected chi connectivity index (χ3v) is 8.75. The average Bonchev–Trinajstić information content (AvgIpc) is 3.37. The molecule has 1 aliphatic rings. The van der Waals surface area contributed by atoms with E-state index in [1.165, 1.54) is 0 Å². The summed E-state index contributed by atoms with van der Waals surface area (Å²) in [7, 11) is 1.55. The third kappa shape index (κ3) is 8.19. The number of rotatable bonds is 15. The average molecular weight is 669 g/mol. The van der Waals surface area contributed by atoms with Crippen LogP contribution in [-0.4, -0.2) is 59.9 Å². The number of hydrogen-bond acceptors (Lipinski definition) is 7. The zero-order valence-corrected chi connectivity index (χ0v) is 28.3. The topological polar surface area (TPSA) is 88.5 Å². The van der Waals surface area contributed by atoms with Gasteiger partial charge >= 0.3 is 0 Å². The number of aliphatic hydroxyl groups excluding tert-OH is 1. The van der Waals surface area contributed by atoms with E-state index in [0.717, 1.165) is 30.8 Å². The van der Waals surface area contributed by atoms with Gasteiger partial charge < -0.3 is 29.1 Å². The largest absolute Gasteiger partial charge is 0.507 e. The lowest BCUT2D eigenvalue weighted by atomic mass is 9.95. The summed E-state index contributed by atoms with van der Waals surface area (Å²) < 4.78 is 17.7. The highest BCUT2D eigenvalue weighted by molar-refractivity contribution is 6.46. The number of amides is 1. The maximum absolute atomic E-state index is 13.6. The smallest absolute Gasteiger partial charge is 0.295 e. The Morgan fingerprint density at radius 2 is 1.50 bits per heavy atom. The number of aliphatic hydroxyl groups is 1. The summed E-state index contributed by atoms with van der Waals surface area (Å²) in [5, 5.41) is 12.3. The number of hydrogen-bond donors (Lipinski definition) is 1. The Morgan fingerprint density at radius 3 is 2.17 bits per heavy atom. The number of likely N-dealkylation sites (tertiary alicyclic amines) is 1. The van der Waals surface area contributed by atoms with Crippen molar-refractivity contribution in [2.75, 3.05) is 33.3 Å². The second kappa shape index (κ2) is 16.4. The first-order chi connectivity index (χ1) is 23.3. The number of carbonyl (C=O) groups excluding carboxylic acids is 2. The minimum atomic E-state index is -0.820. The molecule has 5 rings (SSSR count). The highest BCUT2D eigenvalue weighted by Gasteiger charge is 2.46. The van der Waals surface area contributed by atoms with E-state index in [0.29, 0.717) is 59.6 Å². The van der Waals surface area contributed by atoms with Crippen LogP contribution in [0, 0.1) is 0 Å². The van der Waals surface area contributed by atoms with Crippen molar-refractivity contribution in [3.05, 3.63) is 130 Å². The van der Waals surface area contributed by atoms with Gasteiger partial charge in [0.25, 0.3) is 11.7 Å². The van der Waals surface area contributed by atoms with Gasteiger partial charge in [-0.3, -0.25) is 9.59 Å². The van der Waals surface area contributed by atoms with Crippen molar-refractivity contribution >= 4 is 29.1 Å². The zero-order valence-electron chi connectivity index (χ0n) is 27.5. The van der Waals surface area contributed by atoms with Crippen LogP contribution in [0.4, 0.5) is 0 Å². The van der Waals surface area contributed by atoms with Gasteiger partial charge in [-0.25, -0.2) is 0 Å². The molecule has 48 heavy (non-hydrogen) atoms. The van der Waals surface area contributed by atoms with Crippen LogP contribution < -0.4 is 14.2 Å². The van der Waals surface area contributed by atoms with Crippen LogP contribution in [0.1, 0.15) is 48.6 Å². The molecule has 1 unspecified atom stereocenters. The Labute approximate surface area is 287 Å². The van der Waals surface area contributed by atoms with Gasteiger partial charge in [-0.2, -0.15) is 0 Å². The molecule has 1 atom stereocenters. The summed E-state index contributed by atoms with van der Waals surface area (Å²) in [6.45, 7) is 7.77. The number of carbonyl (C=O) groups is 2. The molecule has 250 valence electrons. The van der Waals surface area contributed by atoms with Gasteiger partial charge in [0.05, 0.1) is 18.7 Å². The molecule has 0 radical (unpaired) electrons. The van der Waals surface area contributed by atoms with Crippen molar-refractivity contribution in [3.8, 4) is 17.2 Å². The molecule has 0 spiro atoms. The molecule has 4 aromatic carbocycles. The number of Topliss-reactive ketones (excluding diaryl/α,β-unsaturated/α-hetero) is 1. The number of nitrogens with zero attached hydrogens (tertiary/aromatic N) is 2. The second-order valence-electron chi connectivity index (χ2n) is 11.5. The predicted octanol–water partition coefficient (Wildman–Crippen LogP) is 7.66. The van der Waals surface area contributed by atoms with Gasteiger partial charge in [0.15, 0.2) is 11.5 Å². The minimum absolute atomic E-state index is 0.0256. The fourth-order valence-electron chi connectivity index (χ4n) is 5.78. The first-order valence-electron chi connectivity index (χ1n) is 16.2. The fourth-order valence-corrected chi connectivity index (χ4v) is 5.91. The lowest BCUT2D eigenvalue weighted by Crippen LogP contribution is -2.33. The molecule has 0 bridgehead atoms. The van der Waals surface area contributed by atoms with E-state index in [1.807, 2.05) is 48.5 Å². The molecule has 1 saturated heterocycles. The third-order valence-electron chi connectivity index (χ3n) is 8.49. The molecule has 1 fully saturated rings. The fraction of sp³-hybridized carbons (Fsp3) is 0.282. The SMILES string of the molecule is CCN(CC)CCCN1C(=O)C(=O)C(=C(O)c2ccc(OCc3ccc(Cl)cc3)cc2)C1c1ccc(OCc2ccccc2)c(OC)c1. The van der Waals surface area contributed by atoms with E-state index in [4.69, 9.17) is 25.8 Å². The van der Waals surface area contributed by atoms with Gasteiger partial charge in [-0.1, -0.05) is 74.0 Å².